The van der Waals surface area contributed by atoms with Crippen LogP contribution in [0.2, 0.25) is 5.02 Å². The quantitative estimate of drug-likeness (QED) is 0.372. The smallest absolute Gasteiger partial charge is 0.211 e. The van der Waals surface area contributed by atoms with Crippen molar-refractivity contribution in [1.29, 1.82) is 5.26 Å². The van der Waals surface area contributed by atoms with Crippen LogP contribution in [0.3, 0.4) is 0 Å². The van der Waals surface area contributed by atoms with E-state index >= 15 is 0 Å². The van der Waals surface area contributed by atoms with E-state index in [2.05, 4.69) is 6.07 Å². The summed E-state index contributed by atoms with van der Waals surface area (Å²) < 4.78 is 39.3. The fraction of sp³-hybridized carbons (Fsp3) is 0.423. The molecule has 0 radical (unpaired) electrons. The molecule has 1 unspecified atom stereocenters. The SMILES string of the molecule is CS(=O)(=O)N1CCC2(CCC2Oc2ccc3c(ccn3-c3cc(Cl)c(OCCCl)c(C#N)c3)c2)CC1. The second-order valence-corrected chi connectivity index (χ2v) is 12.3. The third kappa shape index (κ3) is 4.66. The standard InChI is InChI=1S/C26H27Cl2N3O4S/c1-36(32,33)30-11-7-26(8-12-30)6-4-24(26)35-21-2-3-23-18(15-21)5-10-31(23)20-14-19(17-29)25(22(28)16-20)34-13-9-27/h2-3,5,10,14-16,24H,4,6-9,11-13H2,1H3. The summed E-state index contributed by atoms with van der Waals surface area (Å²) in [4.78, 5) is 0. The first-order chi connectivity index (χ1) is 17.2. The highest BCUT2D eigenvalue weighted by molar-refractivity contribution is 7.88. The van der Waals surface area contributed by atoms with E-state index in [0.29, 0.717) is 35.3 Å². The van der Waals surface area contributed by atoms with Crippen molar-refractivity contribution in [3.63, 3.8) is 0 Å². The number of halogens is 2. The molecular weight excluding hydrogens is 521 g/mol. The van der Waals surface area contributed by atoms with Gasteiger partial charge in [-0.3, -0.25) is 0 Å². The van der Waals surface area contributed by atoms with Gasteiger partial charge in [0.25, 0.3) is 0 Å². The van der Waals surface area contributed by atoms with Crippen molar-refractivity contribution in [3.05, 3.63) is 53.2 Å². The van der Waals surface area contributed by atoms with Crippen molar-refractivity contribution in [3.8, 4) is 23.3 Å². The molecule has 1 atom stereocenters. The number of alkyl halides is 1. The van der Waals surface area contributed by atoms with Gasteiger partial charge in [-0.25, -0.2) is 12.7 Å². The fourth-order valence-electron chi connectivity index (χ4n) is 5.36. The Kier molecular flexibility index (Phi) is 6.86. The molecular formula is C26H27Cl2N3O4S. The third-order valence-electron chi connectivity index (χ3n) is 7.47. The van der Waals surface area contributed by atoms with Crippen molar-refractivity contribution in [2.24, 2.45) is 5.41 Å². The summed E-state index contributed by atoms with van der Waals surface area (Å²) >= 11 is 12.1. The van der Waals surface area contributed by atoms with Crippen LogP contribution in [0.25, 0.3) is 16.6 Å². The lowest BCUT2D eigenvalue weighted by Crippen LogP contribution is -2.55. The van der Waals surface area contributed by atoms with Crippen LogP contribution in [0.4, 0.5) is 0 Å². The summed E-state index contributed by atoms with van der Waals surface area (Å²) in [6.07, 6.45) is 7.01. The lowest BCUT2D eigenvalue weighted by Gasteiger charge is -2.52. The summed E-state index contributed by atoms with van der Waals surface area (Å²) in [6, 6.07) is 13.7. The average molecular weight is 548 g/mol. The van der Waals surface area contributed by atoms with Crippen LogP contribution < -0.4 is 9.47 Å². The maximum absolute atomic E-state index is 11.9. The normalized spacial score (nSPS) is 19.7. The number of rotatable bonds is 7. The highest BCUT2D eigenvalue weighted by atomic mass is 35.5. The fourth-order valence-corrected chi connectivity index (χ4v) is 6.55. The summed E-state index contributed by atoms with van der Waals surface area (Å²) in [6.45, 7) is 1.38. The van der Waals surface area contributed by atoms with Gasteiger partial charge in [0.05, 0.1) is 28.2 Å². The highest BCUT2D eigenvalue weighted by Gasteiger charge is 2.50. The van der Waals surface area contributed by atoms with Gasteiger partial charge in [-0.15, -0.1) is 11.6 Å². The van der Waals surface area contributed by atoms with Gasteiger partial charge in [0.15, 0.2) is 5.75 Å². The lowest BCUT2D eigenvalue weighted by atomic mass is 9.61. The molecule has 1 saturated carbocycles. The van der Waals surface area contributed by atoms with Gasteiger partial charge < -0.3 is 14.0 Å². The van der Waals surface area contributed by atoms with Gasteiger partial charge >= 0.3 is 0 Å². The maximum Gasteiger partial charge on any atom is 0.211 e. The zero-order valence-corrected chi connectivity index (χ0v) is 22.2. The first kappa shape index (κ1) is 25.2. The van der Waals surface area contributed by atoms with E-state index in [4.69, 9.17) is 32.7 Å². The molecule has 0 N–H and O–H groups in total. The number of sulfonamides is 1. The van der Waals surface area contributed by atoms with Gasteiger partial charge in [0.2, 0.25) is 10.0 Å². The van der Waals surface area contributed by atoms with Crippen LogP contribution in [-0.2, 0) is 10.0 Å². The molecule has 36 heavy (non-hydrogen) atoms. The zero-order chi connectivity index (χ0) is 25.5. The summed E-state index contributed by atoms with van der Waals surface area (Å²) in [5.74, 6) is 1.44. The Morgan fingerprint density at radius 3 is 2.58 bits per heavy atom. The van der Waals surface area contributed by atoms with Gasteiger partial charge in [0, 0.05) is 35.8 Å². The molecule has 2 aromatic carbocycles. The van der Waals surface area contributed by atoms with E-state index in [9.17, 15) is 13.7 Å². The predicted molar refractivity (Wildman–Crippen MR) is 141 cm³/mol. The van der Waals surface area contributed by atoms with Crippen LogP contribution in [0, 0.1) is 16.7 Å². The molecule has 2 aliphatic rings. The molecule has 1 saturated heterocycles. The monoisotopic (exact) mass is 547 g/mol. The Balaban J connectivity index is 1.35. The first-order valence-corrected chi connectivity index (χ1v) is 14.7. The molecule has 0 amide bonds. The zero-order valence-electron chi connectivity index (χ0n) is 19.9. The van der Waals surface area contributed by atoms with Crippen molar-refractivity contribution in [2.75, 3.05) is 31.8 Å². The number of ether oxygens (including phenoxy) is 2. The molecule has 190 valence electrons. The van der Waals surface area contributed by atoms with Crippen LogP contribution in [0.5, 0.6) is 11.5 Å². The largest absolute Gasteiger partial charge is 0.490 e. The van der Waals surface area contributed by atoms with Gasteiger partial charge in [-0.1, -0.05) is 11.6 Å². The third-order valence-corrected chi connectivity index (χ3v) is 9.20. The highest BCUT2D eigenvalue weighted by Crippen LogP contribution is 2.51. The minimum Gasteiger partial charge on any atom is -0.490 e. The number of nitriles is 1. The van der Waals surface area contributed by atoms with Crippen LogP contribution in [0.15, 0.2) is 42.6 Å². The van der Waals surface area contributed by atoms with E-state index in [1.165, 1.54) is 6.26 Å². The molecule has 2 fully saturated rings. The maximum atomic E-state index is 11.9. The van der Waals surface area contributed by atoms with Crippen LogP contribution in [0.1, 0.15) is 31.2 Å². The predicted octanol–water partition coefficient (Wildman–Crippen LogP) is 5.36. The van der Waals surface area contributed by atoms with E-state index in [1.54, 1.807) is 16.4 Å². The second-order valence-electron chi connectivity index (χ2n) is 9.53. The Hall–Kier alpha value is -2.44. The van der Waals surface area contributed by atoms with Crippen molar-refractivity contribution in [2.45, 2.75) is 31.8 Å². The number of fused-ring (bicyclic) bond motifs is 1. The molecule has 1 aliphatic heterocycles. The number of hydrogen-bond acceptors (Lipinski definition) is 5. The molecule has 1 spiro atoms. The summed E-state index contributed by atoms with van der Waals surface area (Å²) in [5.41, 5.74) is 2.12. The molecule has 3 aromatic rings. The minimum atomic E-state index is -3.14. The van der Waals surface area contributed by atoms with E-state index in [-0.39, 0.29) is 18.1 Å². The number of nitrogens with zero attached hydrogens (tertiary/aromatic N) is 3. The van der Waals surface area contributed by atoms with Crippen molar-refractivity contribution < 1.29 is 17.9 Å². The van der Waals surface area contributed by atoms with Gasteiger partial charge in [-0.05, 0) is 62.1 Å². The topological polar surface area (TPSA) is 84.6 Å². The van der Waals surface area contributed by atoms with Gasteiger partial charge in [0.1, 0.15) is 24.5 Å². The molecule has 1 aromatic heterocycles. The molecule has 7 nitrogen and oxygen atoms in total. The Morgan fingerprint density at radius 1 is 1.17 bits per heavy atom. The number of aromatic nitrogens is 1. The first-order valence-electron chi connectivity index (χ1n) is 11.9. The second kappa shape index (κ2) is 9.79. The van der Waals surface area contributed by atoms with E-state index in [1.807, 2.05) is 35.0 Å². The molecule has 5 rings (SSSR count). The molecule has 1 aliphatic carbocycles. The average Bonchev–Trinajstić information content (AvgIpc) is 3.28. The van der Waals surface area contributed by atoms with Crippen molar-refractivity contribution >= 4 is 44.1 Å². The Bertz CT molecular complexity index is 1440. The van der Waals surface area contributed by atoms with E-state index < -0.39 is 10.0 Å². The van der Waals surface area contributed by atoms with Crippen LogP contribution in [-0.4, -0.2) is 55.2 Å². The minimum absolute atomic E-state index is 0.0554. The molecule has 2 heterocycles. The van der Waals surface area contributed by atoms with E-state index in [0.717, 1.165) is 48.0 Å². The van der Waals surface area contributed by atoms with Crippen molar-refractivity contribution in [1.82, 2.24) is 8.87 Å². The number of hydrogen-bond donors (Lipinski definition) is 0. The van der Waals surface area contributed by atoms with Gasteiger partial charge in [-0.2, -0.15) is 5.26 Å². The molecule has 10 heteroatoms. The number of piperidine rings is 1. The lowest BCUT2D eigenvalue weighted by molar-refractivity contribution is -0.0750. The summed E-state index contributed by atoms with van der Waals surface area (Å²) in [5, 5.41) is 11.0. The Labute approximate surface area is 221 Å². The number of benzene rings is 2. The summed E-state index contributed by atoms with van der Waals surface area (Å²) in [7, 11) is -3.14. The molecule has 0 bridgehead atoms. The van der Waals surface area contributed by atoms with Crippen LogP contribution >= 0.6 is 23.2 Å². The Morgan fingerprint density at radius 2 is 1.94 bits per heavy atom.